The van der Waals surface area contributed by atoms with Gasteiger partial charge in [0.05, 0.1) is 22.7 Å². The van der Waals surface area contributed by atoms with Crippen molar-refractivity contribution in [3.8, 4) is 5.75 Å². The van der Waals surface area contributed by atoms with Gasteiger partial charge in [0.25, 0.3) is 5.91 Å². The Morgan fingerprint density at radius 2 is 1.82 bits per heavy atom. The molecule has 0 unspecified atom stereocenters. The van der Waals surface area contributed by atoms with Crippen molar-refractivity contribution in [3.05, 3.63) is 65.1 Å². The zero-order valence-electron chi connectivity index (χ0n) is 15.6. The third-order valence-electron chi connectivity index (χ3n) is 4.50. The molecule has 2 aromatic heterocycles. The zero-order valence-corrected chi connectivity index (χ0v) is 15.6. The molecule has 0 fully saturated rings. The Kier molecular flexibility index (Phi) is 4.23. The molecule has 0 saturated carbocycles. The SMILES string of the molecule is C/C(=N\NC(=O)c1cc2ccccc2cc1O)c1nnc2cc(C)nn2c1C. The van der Waals surface area contributed by atoms with E-state index in [1.54, 1.807) is 23.6 Å². The van der Waals surface area contributed by atoms with E-state index in [1.165, 1.54) is 0 Å². The number of phenolic OH excluding ortho intramolecular Hbond substituents is 1. The molecular formula is C20H18N6O2. The zero-order chi connectivity index (χ0) is 19.8. The lowest BCUT2D eigenvalue weighted by molar-refractivity contribution is 0.0952. The minimum atomic E-state index is -0.510. The van der Waals surface area contributed by atoms with Gasteiger partial charge in [-0.25, -0.2) is 9.94 Å². The third kappa shape index (κ3) is 3.05. The molecular weight excluding hydrogens is 356 g/mol. The van der Waals surface area contributed by atoms with Gasteiger partial charge >= 0.3 is 0 Å². The molecule has 0 saturated heterocycles. The Morgan fingerprint density at radius 1 is 1.11 bits per heavy atom. The van der Waals surface area contributed by atoms with E-state index >= 15 is 0 Å². The predicted molar refractivity (Wildman–Crippen MR) is 106 cm³/mol. The lowest BCUT2D eigenvalue weighted by Gasteiger charge is -2.08. The summed E-state index contributed by atoms with van der Waals surface area (Å²) in [6.07, 6.45) is 0. The van der Waals surface area contributed by atoms with E-state index in [4.69, 9.17) is 0 Å². The van der Waals surface area contributed by atoms with Crippen LogP contribution in [0.3, 0.4) is 0 Å². The number of nitrogens with one attached hydrogen (secondary N) is 1. The standard InChI is InChI=1S/C20H18N6O2/c1-11-8-18-22-23-19(13(3)26(18)25-11)12(2)21-24-20(28)16-9-14-6-4-5-7-15(14)10-17(16)27/h4-10,27H,1-3H3,(H,24,28)/b21-12+. The van der Waals surface area contributed by atoms with Crippen LogP contribution in [0.2, 0.25) is 0 Å². The smallest absolute Gasteiger partial charge is 0.275 e. The Balaban J connectivity index is 1.62. The van der Waals surface area contributed by atoms with E-state index in [0.717, 1.165) is 22.2 Å². The number of carbonyl (C=O) groups is 1. The van der Waals surface area contributed by atoms with Crippen LogP contribution in [-0.4, -0.2) is 36.5 Å². The molecule has 2 aromatic carbocycles. The van der Waals surface area contributed by atoms with Crippen molar-refractivity contribution in [1.82, 2.24) is 25.2 Å². The summed E-state index contributed by atoms with van der Waals surface area (Å²) in [5, 5.41) is 28.7. The summed E-state index contributed by atoms with van der Waals surface area (Å²) >= 11 is 0. The average Bonchev–Trinajstić information content (AvgIpc) is 3.07. The van der Waals surface area contributed by atoms with E-state index in [1.807, 2.05) is 44.2 Å². The first-order chi connectivity index (χ1) is 13.4. The molecule has 1 amide bonds. The molecule has 8 heteroatoms. The maximum absolute atomic E-state index is 12.5. The highest BCUT2D eigenvalue weighted by molar-refractivity contribution is 6.03. The molecule has 2 N–H and O–H groups in total. The lowest BCUT2D eigenvalue weighted by atomic mass is 10.1. The predicted octanol–water partition coefficient (Wildman–Crippen LogP) is 2.75. The van der Waals surface area contributed by atoms with Gasteiger partial charge in [0.1, 0.15) is 11.4 Å². The van der Waals surface area contributed by atoms with Crippen molar-refractivity contribution in [1.29, 1.82) is 0 Å². The second-order valence-electron chi connectivity index (χ2n) is 6.54. The van der Waals surface area contributed by atoms with Gasteiger partial charge < -0.3 is 5.11 Å². The van der Waals surface area contributed by atoms with Crippen molar-refractivity contribution in [2.24, 2.45) is 5.10 Å². The number of phenols is 1. The summed E-state index contributed by atoms with van der Waals surface area (Å²) in [7, 11) is 0. The minimum Gasteiger partial charge on any atom is -0.507 e. The highest BCUT2D eigenvalue weighted by Crippen LogP contribution is 2.24. The molecule has 8 nitrogen and oxygen atoms in total. The summed E-state index contributed by atoms with van der Waals surface area (Å²) in [4.78, 5) is 12.5. The van der Waals surface area contributed by atoms with Crippen molar-refractivity contribution >= 4 is 28.0 Å². The third-order valence-corrected chi connectivity index (χ3v) is 4.50. The van der Waals surface area contributed by atoms with Gasteiger partial charge in [0, 0.05) is 6.07 Å². The maximum Gasteiger partial charge on any atom is 0.275 e. The number of fused-ring (bicyclic) bond motifs is 2. The molecule has 140 valence electrons. The lowest BCUT2D eigenvalue weighted by Crippen LogP contribution is -2.20. The van der Waals surface area contributed by atoms with Crippen molar-refractivity contribution in [3.63, 3.8) is 0 Å². The number of benzene rings is 2. The van der Waals surface area contributed by atoms with Crippen LogP contribution in [0.25, 0.3) is 16.4 Å². The number of aryl methyl sites for hydroxylation is 2. The Labute approximate surface area is 160 Å². The van der Waals surface area contributed by atoms with Crippen molar-refractivity contribution in [2.45, 2.75) is 20.8 Å². The van der Waals surface area contributed by atoms with Gasteiger partial charge in [-0.15, -0.1) is 10.2 Å². The average molecular weight is 374 g/mol. The van der Waals surface area contributed by atoms with Crippen LogP contribution in [0.5, 0.6) is 5.75 Å². The molecule has 4 rings (SSSR count). The molecule has 0 aliphatic rings. The van der Waals surface area contributed by atoms with Crippen LogP contribution in [0, 0.1) is 13.8 Å². The molecule has 0 atom stereocenters. The summed E-state index contributed by atoms with van der Waals surface area (Å²) in [6.45, 7) is 5.46. The fraction of sp³-hybridized carbons (Fsp3) is 0.150. The van der Waals surface area contributed by atoms with Crippen LogP contribution in [0.1, 0.15) is 34.4 Å². The van der Waals surface area contributed by atoms with Gasteiger partial charge in [-0.05, 0) is 43.7 Å². The monoisotopic (exact) mass is 374 g/mol. The van der Waals surface area contributed by atoms with E-state index in [2.05, 4.69) is 25.8 Å². The van der Waals surface area contributed by atoms with Crippen LogP contribution in [0.15, 0.2) is 47.6 Å². The number of aromatic hydroxyl groups is 1. The molecule has 28 heavy (non-hydrogen) atoms. The Morgan fingerprint density at radius 3 is 2.57 bits per heavy atom. The Hall–Kier alpha value is -3.81. The van der Waals surface area contributed by atoms with E-state index < -0.39 is 5.91 Å². The summed E-state index contributed by atoms with van der Waals surface area (Å²) in [5.41, 5.74) is 5.88. The molecule has 4 aromatic rings. The summed E-state index contributed by atoms with van der Waals surface area (Å²) in [5.74, 6) is -0.613. The van der Waals surface area contributed by atoms with Crippen molar-refractivity contribution in [2.75, 3.05) is 0 Å². The quantitative estimate of drug-likeness (QED) is 0.424. The maximum atomic E-state index is 12.5. The fourth-order valence-corrected chi connectivity index (χ4v) is 3.07. The highest BCUT2D eigenvalue weighted by atomic mass is 16.3. The number of aromatic nitrogens is 4. The van der Waals surface area contributed by atoms with Crippen LogP contribution in [0.4, 0.5) is 0 Å². The number of hydrogen-bond donors (Lipinski definition) is 2. The normalized spacial score (nSPS) is 11.9. The number of hydrazone groups is 1. The largest absolute Gasteiger partial charge is 0.507 e. The van der Waals surface area contributed by atoms with E-state index in [0.29, 0.717) is 17.1 Å². The first-order valence-electron chi connectivity index (χ1n) is 8.70. The van der Waals surface area contributed by atoms with Crippen LogP contribution in [-0.2, 0) is 0 Å². The first kappa shape index (κ1) is 17.6. The number of rotatable bonds is 3. The molecule has 0 spiro atoms. The second-order valence-corrected chi connectivity index (χ2v) is 6.54. The topological polar surface area (TPSA) is 105 Å². The first-order valence-corrected chi connectivity index (χ1v) is 8.70. The minimum absolute atomic E-state index is 0.103. The fourth-order valence-electron chi connectivity index (χ4n) is 3.07. The van der Waals surface area contributed by atoms with Gasteiger partial charge in [0.15, 0.2) is 5.65 Å². The number of carbonyl (C=O) groups excluding carboxylic acids is 1. The number of nitrogens with zero attached hydrogens (tertiary/aromatic N) is 5. The summed E-state index contributed by atoms with van der Waals surface area (Å²) < 4.78 is 1.69. The number of hydrogen-bond acceptors (Lipinski definition) is 6. The highest BCUT2D eigenvalue weighted by Gasteiger charge is 2.14. The molecule has 0 aliphatic carbocycles. The van der Waals surface area contributed by atoms with Crippen LogP contribution < -0.4 is 5.43 Å². The van der Waals surface area contributed by atoms with Gasteiger partial charge in [-0.1, -0.05) is 24.3 Å². The second kappa shape index (κ2) is 6.73. The van der Waals surface area contributed by atoms with Gasteiger partial charge in [-0.2, -0.15) is 10.2 Å². The van der Waals surface area contributed by atoms with Gasteiger partial charge in [0.2, 0.25) is 0 Å². The molecule has 2 heterocycles. The molecule has 0 bridgehead atoms. The van der Waals surface area contributed by atoms with Crippen molar-refractivity contribution < 1.29 is 9.90 Å². The Bertz CT molecular complexity index is 1260. The summed E-state index contributed by atoms with van der Waals surface area (Å²) in [6, 6.07) is 12.5. The molecule has 0 radical (unpaired) electrons. The van der Waals surface area contributed by atoms with E-state index in [9.17, 15) is 9.90 Å². The molecule has 0 aliphatic heterocycles. The van der Waals surface area contributed by atoms with Crippen LogP contribution >= 0.6 is 0 Å². The van der Waals surface area contributed by atoms with E-state index in [-0.39, 0.29) is 11.3 Å². The number of amides is 1. The van der Waals surface area contributed by atoms with Gasteiger partial charge in [-0.3, -0.25) is 4.79 Å².